The van der Waals surface area contributed by atoms with Gasteiger partial charge in [0.25, 0.3) is 0 Å². The largest absolute Gasteiger partial charge is 2.00 e. The Labute approximate surface area is 443 Å². The summed E-state index contributed by atoms with van der Waals surface area (Å²) in [5.74, 6) is 1.12. The van der Waals surface area contributed by atoms with E-state index in [1.165, 1.54) is 176 Å². The smallest absolute Gasteiger partial charge is 0.736 e. The van der Waals surface area contributed by atoms with Crippen LogP contribution in [0.4, 0.5) is 0 Å². The van der Waals surface area contributed by atoms with E-state index in [9.17, 15) is 18.9 Å². The number of phosphoric ester groups is 2. The maximum absolute atomic E-state index is 12.4. The molecule has 4 aromatic carbocycles. The maximum atomic E-state index is 12.4. The minimum atomic E-state index is -4.50. The van der Waals surface area contributed by atoms with Crippen LogP contribution in [0.2, 0.25) is 0 Å². The molecule has 0 unspecified atom stereocenters. The molecular weight excluding hydrogens is 963 g/mol. The van der Waals surface area contributed by atoms with Crippen molar-refractivity contribution in [1.29, 1.82) is 0 Å². The summed E-state index contributed by atoms with van der Waals surface area (Å²) in [4.78, 5) is 24.7. The van der Waals surface area contributed by atoms with E-state index >= 15 is 0 Å². The zero-order chi connectivity index (χ0) is 50.4. The number of hydrogen-bond acceptors (Lipinski definition) is 8. The molecule has 0 aliphatic heterocycles. The van der Waals surface area contributed by atoms with Gasteiger partial charge in [-0.05, 0) is 122 Å². The third kappa shape index (κ3) is 32.7. The average molecular weight is 1060 g/mol. The van der Waals surface area contributed by atoms with Crippen LogP contribution >= 0.6 is 15.6 Å². The van der Waals surface area contributed by atoms with Gasteiger partial charge in [-0.15, -0.1) is 0 Å². The van der Waals surface area contributed by atoms with Gasteiger partial charge in [0.2, 0.25) is 0 Å². The molecule has 11 heteroatoms. The molecule has 0 spiro atoms. The van der Waals surface area contributed by atoms with Crippen LogP contribution in [-0.2, 0) is 52.2 Å². The van der Waals surface area contributed by atoms with Gasteiger partial charge in [-0.25, -0.2) is 9.13 Å². The Morgan fingerprint density at radius 1 is 0.282 bits per heavy atom. The van der Waals surface area contributed by atoms with Crippen molar-refractivity contribution >= 4 is 15.6 Å². The minimum absolute atomic E-state index is 0. The van der Waals surface area contributed by atoms with Gasteiger partial charge in [-0.3, -0.25) is 0 Å². The quantitative estimate of drug-likeness (QED) is 0.0319. The zero-order valence-corrected chi connectivity index (χ0v) is 47.5. The van der Waals surface area contributed by atoms with E-state index in [0.717, 1.165) is 51.4 Å². The SMILES string of the molecule is CCCCCCCCCc1ccc(OP(=O)([O-])Oc2ccc(CCCCCCCCC)cc2)cc1.CCCCCCCCCc1ccc(OP(=O)([O-])Oc2ccc(CCCCCCCCC)cc2)cc1.[Cr+2]. The van der Waals surface area contributed by atoms with Crippen LogP contribution in [0.1, 0.15) is 230 Å². The third-order valence-electron chi connectivity index (χ3n) is 12.8. The van der Waals surface area contributed by atoms with E-state index in [2.05, 4.69) is 27.7 Å². The predicted octanol–water partition coefficient (Wildman–Crippen LogP) is 18.4. The first-order valence-electron chi connectivity index (χ1n) is 27.8. The van der Waals surface area contributed by atoms with Gasteiger partial charge < -0.3 is 27.9 Å². The van der Waals surface area contributed by atoms with Gasteiger partial charge >= 0.3 is 33.0 Å². The number of aryl methyl sites for hydroxylation is 4. The summed E-state index contributed by atoms with van der Waals surface area (Å²) >= 11 is 0. The second-order valence-corrected chi connectivity index (χ2v) is 21.8. The first kappa shape index (κ1) is 64.1. The number of phosphoric acid groups is 2. The molecule has 0 N–H and O–H groups in total. The second kappa shape index (κ2) is 40.4. The molecule has 0 aromatic heterocycles. The van der Waals surface area contributed by atoms with Crippen LogP contribution < -0.4 is 27.9 Å². The molecule has 0 bridgehead atoms. The van der Waals surface area contributed by atoms with E-state index in [0.29, 0.717) is 0 Å². The molecule has 396 valence electrons. The van der Waals surface area contributed by atoms with Gasteiger partial charge in [0.15, 0.2) is 0 Å². The van der Waals surface area contributed by atoms with Gasteiger partial charge in [0.1, 0.15) is 23.0 Å². The summed E-state index contributed by atoms with van der Waals surface area (Å²) in [6.07, 6.45) is 39.8. The van der Waals surface area contributed by atoms with Gasteiger partial charge in [-0.2, -0.15) is 0 Å². The Hall–Kier alpha value is -3.01. The van der Waals surface area contributed by atoms with Crippen LogP contribution in [0, 0.1) is 0 Å². The number of benzene rings is 4. The first-order valence-corrected chi connectivity index (χ1v) is 30.7. The number of unbranched alkanes of at least 4 members (excludes halogenated alkanes) is 24. The van der Waals surface area contributed by atoms with Crippen LogP contribution in [0.3, 0.4) is 0 Å². The molecule has 0 radical (unpaired) electrons. The molecule has 4 rings (SSSR count). The molecule has 8 nitrogen and oxygen atoms in total. The van der Waals surface area contributed by atoms with E-state index in [1.807, 2.05) is 48.5 Å². The van der Waals surface area contributed by atoms with Crippen LogP contribution in [0.25, 0.3) is 0 Å². The van der Waals surface area contributed by atoms with Crippen molar-refractivity contribution in [3.63, 3.8) is 0 Å². The van der Waals surface area contributed by atoms with Crippen LogP contribution in [0.5, 0.6) is 23.0 Å². The van der Waals surface area contributed by atoms with E-state index in [-0.39, 0.29) is 40.4 Å². The summed E-state index contributed by atoms with van der Waals surface area (Å²) in [7, 11) is -8.99. The molecule has 0 aliphatic carbocycles. The zero-order valence-electron chi connectivity index (χ0n) is 44.4. The van der Waals surface area contributed by atoms with Crippen molar-refractivity contribution in [1.82, 2.24) is 0 Å². The first-order chi connectivity index (χ1) is 34.0. The Balaban J connectivity index is 0.000000480. The van der Waals surface area contributed by atoms with Gasteiger partial charge in [0.05, 0.1) is 0 Å². The van der Waals surface area contributed by atoms with Gasteiger partial charge in [-0.1, -0.05) is 230 Å². The van der Waals surface area contributed by atoms with Crippen molar-refractivity contribution in [2.24, 2.45) is 0 Å². The number of rotatable bonds is 40. The Kier molecular flexibility index (Phi) is 36.5. The molecule has 0 fully saturated rings. The molecule has 0 amide bonds. The molecule has 0 heterocycles. The number of hydrogen-bond donors (Lipinski definition) is 0. The summed E-state index contributed by atoms with van der Waals surface area (Å²) in [5.41, 5.74) is 4.79. The Morgan fingerprint density at radius 3 is 0.606 bits per heavy atom. The molecule has 0 aliphatic rings. The van der Waals surface area contributed by atoms with Crippen molar-refractivity contribution in [2.45, 2.75) is 233 Å². The fourth-order valence-electron chi connectivity index (χ4n) is 8.57. The van der Waals surface area contributed by atoms with Crippen molar-refractivity contribution in [3.8, 4) is 23.0 Å². The van der Waals surface area contributed by atoms with Crippen molar-refractivity contribution in [3.05, 3.63) is 119 Å². The maximum Gasteiger partial charge on any atom is 2.00 e. The summed E-state index contributed by atoms with van der Waals surface area (Å²) in [6.45, 7) is 8.95. The fraction of sp³-hybridized carbons (Fsp3) is 0.600. The Bertz CT molecular complexity index is 1680. The fourth-order valence-corrected chi connectivity index (χ4v) is 10.2. The van der Waals surface area contributed by atoms with E-state index in [4.69, 9.17) is 18.1 Å². The molecule has 0 saturated heterocycles. The molecule has 0 saturated carbocycles. The molecule has 0 atom stereocenters. The minimum Gasteiger partial charge on any atom is -0.736 e. The molecular formula is C60H92CrO8P2. The predicted molar refractivity (Wildman–Crippen MR) is 290 cm³/mol. The van der Waals surface area contributed by atoms with Gasteiger partial charge in [0, 0.05) is 0 Å². The van der Waals surface area contributed by atoms with Crippen LogP contribution in [-0.4, -0.2) is 0 Å². The third-order valence-corrected chi connectivity index (χ3v) is 14.6. The second-order valence-electron chi connectivity index (χ2n) is 19.3. The molecule has 4 aromatic rings. The van der Waals surface area contributed by atoms with E-state index < -0.39 is 15.6 Å². The monoisotopic (exact) mass is 1050 g/mol. The van der Waals surface area contributed by atoms with E-state index in [1.54, 1.807) is 48.5 Å². The average Bonchev–Trinajstić information content (AvgIpc) is 3.34. The van der Waals surface area contributed by atoms with Crippen molar-refractivity contribution < 1.29 is 54.4 Å². The Morgan fingerprint density at radius 2 is 0.437 bits per heavy atom. The summed E-state index contributed by atoms with van der Waals surface area (Å²) < 4.78 is 45.4. The normalized spacial score (nSPS) is 11.4. The van der Waals surface area contributed by atoms with Crippen LogP contribution in [0.15, 0.2) is 97.1 Å². The molecule has 71 heavy (non-hydrogen) atoms. The van der Waals surface area contributed by atoms with Crippen molar-refractivity contribution in [2.75, 3.05) is 0 Å². The summed E-state index contributed by atoms with van der Waals surface area (Å²) in [6, 6.07) is 29.1. The summed E-state index contributed by atoms with van der Waals surface area (Å²) in [5, 5.41) is 0. The topological polar surface area (TPSA) is 117 Å². The standard InChI is InChI=1S/2C30H47O4P.Cr/c2*1-3-5-7-9-11-13-15-17-27-19-23-29(24-20-27)33-35(31,32)34-30-25-21-28(22-26-30)18-16-14-12-10-8-6-4-2;/h2*19-26H,3-18H2,1-2H3,(H,31,32);/q;;+2/p-2.